The summed E-state index contributed by atoms with van der Waals surface area (Å²) in [5, 5.41) is 4.60. The third-order valence-electron chi connectivity index (χ3n) is 2.96. The van der Waals surface area contributed by atoms with Crippen molar-refractivity contribution in [2.75, 3.05) is 0 Å². The Morgan fingerprint density at radius 2 is 2.00 bits per heavy atom. The minimum absolute atomic E-state index is 0.969. The van der Waals surface area contributed by atoms with Crippen molar-refractivity contribution in [2.24, 2.45) is 7.05 Å². The molecule has 1 aromatic heterocycles. The van der Waals surface area contributed by atoms with E-state index in [1.165, 1.54) is 16.8 Å². The number of hydrogen-bond acceptors (Lipinski definition) is 1. The Kier molecular flexibility index (Phi) is 3.73. The summed E-state index contributed by atoms with van der Waals surface area (Å²) in [7, 11) is 1.99. The topological polar surface area (TPSA) is 17.8 Å². The molecule has 2 aromatic rings. The molecular formula is C13H14Br2N2. The number of hydrogen-bond donors (Lipinski definition) is 0. The van der Waals surface area contributed by atoms with Crippen molar-refractivity contribution in [1.82, 2.24) is 9.78 Å². The van der Waals surface area contributed by atoms with E-state index < -0.39 is 0 Å². The second kappa shape index (κ2) is 4.94. The number of benzene rings is 1. The van der Waals surface area contributed by atoms with Gasteiger partial charge in [-0.15, -0.1) is 0 Å². The third-order valence-corrected chi connectivity index (χ3v) is 4.65. The lowest BCUT2D eigenvalue weighted by Gasteiger charge is -2.05. The molecule has 2 nitrogen and oxygen atoms in total. The summed E-state index contributed by atoms with van der Waals surface area (Å²) in [5.41, 5.74) is 4.62. The van der Waals surface area contributed by atoms with Crippen molar-refractivity contribution in [2.45, 2.75) is 20.3 Å². The Bertz CT molecular complexity index is 559. The number of rotatable bonds is 2. The Morgan fingerprint density at radius 3 is 2.59 bits per heavy atom. The van der Waals surface area contributed by atoms with E-state index in [4.69, 9.17) is 0 Å². The fraction of sp³-hybridized carbons (Fsp3) is 0.308. The van der Waals surface area contributed by atoms with Crippen LogP contribution < -0.4 is 0 Å². The number of aromatic nitrogens is 2. The molecule has 4 heteroatoms. The first-order valence-electron chi connectivity index (χ1n) is 5.53. The minimum Gasteiger partial charge on any atom is -0.271 e. The van der Waals surface area contributed by atoms with Gasteiger partial charge in [-0.1, -0.05) is 35.0 Å². The molecular weight excluding hydrogens is 344 g/mol. The average Bonchev–Trinajstić information content (AvgIpc) is 2.58. The van der Waals surface area contributed by atoms with Crippen LogP contribution >= 0.6 is 31.9 Å². The maximum atomic E-state index is 4.60. The molecule has 0 saturated heterocycles. The lowest BCUT2D eigenvalue weighted by molar-refractivity contribution is 0.719. The average molecular weight is 358 g/mol. The zero-order valence-corrected chi connectivity index (χ0v) is 13.3. The summed E-state index contributed by atoms with van der Waals surface area (Å²) in [6, 6.07) is 6.20. The molecule has 1 heterocycles. The normalized spacial score (nSPS) is 10.9. The summed E-state index contributed by atoms with van der Waals surface area (Å²) < 4.78 is 4.16. The lowest BCUT2D eigenvalue weighted by Crippen LogP contribution is -1.96. The molecule has 0 radical (unpaired) electrons. The number of aryl methyl sites for hydroxylation is 1. The van der Waals surface area contributed by atoms with Crippen LogP contribution in [0.1, 0.15) is 18.2 Å². The Labute approximate surface area is 118 Å². The number of halogens is 2. The van der Waals surface area contributed by atoms with Gasteiger partial charge in [-0.25, -0.2) is 0 Å². The lowest BCUT2D eigenvalue weighted by atomic mass is 10.1. The van der Waals surface area contributed by atoms with Crippen LogP contribution in [0.3, 0.4) is 0 Å². The summed E-state index contributed by atoms with van der Waals surface area (Å²) in [5.74, 6) is 0. The highest BCUT2D eigenvalue weighted by molar-refractivity contribution is 9.11. The molecule has 0 bridgehead atoms. The molecule has 0 aliphatic carbocycles. The smallest absolute Gasteiger partial charge is 0.107 e. The highest BCUT2D eigenvalue weighted by Gasteiger charge is 2.16. The van der Waals surface area contributed by atoms with Crippen molar-refractivity contribution in [3.05, 3.63) is 38.4 Å². The predicted molar refractivity (Wildman–Crippen MR) is 78.2 cm³/mol. The van der Waals surface area contributed by atoms with Crippen LogP contribution in [0.4, 0.5) is 0 Å². The van der Waals surface area contributed by atoms with Crippen LogP contribution in [0, 0.1) is 6.92 Å². The maximum absolute atomic E-state index is 4.60. The Balaban J connectivity index is 2.65. The van der Waals surface area contributed by atoms with Crippen LogP contribution in [-0.4, -0.2) is 9.78 Å². The number of nitrogens with zero attached hydrogens (tertiary/aromatic N) is 2. The van der Waals surface area contributed by atoms with Gasteiger partial charge in [0.2, 0.25) is 0 Å². The molecule has 0 aliphatic heterocycles. The van der Waals surface area contributed by atoms with E-state index in [9.17, 15) is 0 Å². The molecule has 0 spiro atoms. The van der Waals surface area contributed by atoms with Gasteiger partial charge in [-0.2, -0.15) is 5.10 Å². The molecule has 0 fully saturated rings. The first-order valence-corrected chi connectivity index (χ1v) is 7.11. The molecule has 0 N–H and O–H groups in total. The first kappa shape index (κ1) is 12.8. The van der Waals surface area contributed by atoms with E-state index in [1.54, 1.807) is 0 Å². The summed E-state index contributed by atoms with van der Waals surface area (Å²) in [6.07, 6.45) is 0.969. The summed E-state index contributed by atoms with van der Waals surface area (Å²) >= 11 is 7.22. The monoisotopic (exact) mass is 356 g/mol. The van der Waals surface area contributed by atoms with E-state index in [1.807, 2.05) is 17.8 Å². The van der Waals surface area contributed by atoms with Gasteiger partial charge in [0, 0.05) is 17.1 Å². The van der Waals surface area contributed by atoms with Crippen LogP contribution in [0.25, 0.3) is 11.3 Å². The van der Waals surface area contributed by atoms with Gasteiger partial charge in [0.15, 0.2) is 0 Å². The quantitative estimate of drug-likeness (QED) is 0.774. The van der Waals surface area contributed by atoms with Crippen molar-refractivity contribution in [3.8, 4) is 11.3 Å². The largest absolute Gasteiger partial charge is 0.271 e. The van der Waals surface area contributed by atoms with Crippen molar-refractivity contribution in [3.63, 3.8) is 0 Å². The van der Waals surface area contributed by atoms with Crippen LogP contribution in [0.2, 0.25) is 0 Å². The van der Waals surface area contributed by atoms with Gasteiger partial charge in [0.1, 0.15) is 5.69 Å². The van der Waals surface area contributed by atoms with Gasteiger partial charge in [-0.3, -0.25) is 4.68 Å². The van der Waals surface area contributed by atoms with Crippen LogP contribution in [0.15, 0.2) is 27.1 Å². The first-order chi connectivity index (χ1) is 8.06. The highest BCUT2D eigenvalue weighted by atomic mass is 79.9. The molecule has 0 aliphatic rings. The summed E-state index contributed by atoms with van der Waals surface area (Å²) in [6.45, 7) is 4.24. The molecule has 90 valence electrons. The molecule has 0 amide bonds. The second-order valence-electron chi connectivity index (χ2n) is 4.00. The van der Waals surface area contributed by atoms with Crippen molar-refractivity contribution in [1.29, 1.82) is 0 Å². The van der Waals surface area contributed by atoms with E-state index in [0.29, 0.717) is 0 Å². The van der Waals surface area contributed by atoms with Crippen LogP contribution in [0.5, 0.6) is 0 Å². The fourth-order valence-electron chi connectivity index (χ4n) is 1.95. The van der Waals surface area contributed by atoms with Crippen molar-refractivity contribution < 1.29 is 0 Å². The zero-order chi connectivity index (χ0) is 12.6. The molecule has 1 aromatic carbocycles. The Hall–Kier alpha value is -0.610. The second-order valence-corrected chi connectivity index (χ2v) is 5.65. The summed E-state index contributed by atoms with van der Waals surface area (Å²) in [4.78, 5) is 0. The van der Waals surface area contributed by atoms with Crippen molar-refractivity contribution >= 4 is 31.9 Å². The van der Waals surface area contributed by atoms with E-state index in [0.717, 1.165) is 21.1 Å². The maximum Gasteiger partial charge on any atom is 0.107 e. The van der Waals surface area contributed by atoms with Gasteiger partial charge >= 0.3 is 0 Å². The molecule has 0 atom stereocenters. The molecule has 17 heavy (non-hydrogen) atoms. The molecule has 0 unspecified atom stereocenters. The van der Waals surface area contributed by atoms with E-state index >= 15 is 0 Å². The zero-order valence-electron chi connectivity index (χ0n) is 10.1. The Morgan fingerprint density at radius 1 is 1.29 bits per heavy atom. The SMILES string of the molecule is CCc1c(Br)c(-c2cccc(Br)c2C)nn1C. The fourth-order valence-corrected chi connectivity index (χ4v) is 3.15. The molecule has 2 rings (SSSR count). The molecule has 0 saturated carbocycles. The van der Waals surface area contributed by atoms with Crippen LogP contribution in [-0.2, 0) is 13.5 Å². The standard InChI is InChI=1S/C13H14Br2N2/c1-4-11-12(15)13(16-17(11)3)9-6-5-7-10(14)8(9)2/h5-7H,4H2,1-3H3. The van der Waals surface area contributed by atoms with Gasteiger partial charge in [-0.05, 0) is 40.9 Å². The van der Waals surface area contributed by atoms with Gasteiger partial charge in [0.25, 0.3) is 0 Å². The highest BCUT2D eigenvalue weighted by Crippen LogP contribution is 2.34. The minimum atomic E-state index is 0.969. The third kappa shape index (κ3) is 2.20. The van der Waals surface area contributed by atoms with E-state index in [-0.39, 0.29) is 0 Å². The predicted octanol–water partition coefficient (Wildman–Crippen LogP) is 4.48. The van der Waals surface area contributed by atoms with Gasteiger partial charge in [0.05, 0.1) is 10.2 Å². The van der Waals surface area contributed by atoms with Gasteiger partial charge < -0.3 is 0 Å². The van der Waals surface area contributed by atoms with E-state index in [2.05, 4.69) is 62.9 Å².